The van der Waals surface area contributed by atoms with Crippen LogP contribution in [0.3, 0.4) is 0 Å². The van der Waals surface area contributed by atoms with E-state index in [1.165, 1.54) is 31.7 Å². The summed E-state index contributed by atoms with van der Waals surface area (Å²) >= 11 is 0. The Kier molecular flexibility index (Phi) is 15.7. The van der Waals surface area contributed by atoms with Crippen LogP contribution < -0.4 is 0 Å². The van der Waals surface area contributed by atoms with E-state index in [9.17, 15) is 10.1 Å². The summed E-state index contributed by atoms with van der Waals surface area (Å²) in [5.41, 5.74) is 3.61. The molecule has 37 heavy (non-hydrogen) atoms. The standard InChI is InChI=1S/C11H14N4O.C6H6N2O.C5H10O.C4H9NSi/c1-9-13-7-10(8-14-9)11(6-12)15-2-4-16-5-3-15;1-5-7-2-6(4-9)3-8-5;1-2-4-6-5-3-1;1-6(2,3)4-5/h7-8,11H,2-5H2,1H3;2-4H,1H3;1-5H2;1-3H3. The zero-order valence-corrected chi connectivity index (χ0v) is 23.7. The van der Waals surface area contributed by atoms with Crippen molar-refractivity contribution in [2.45, 2.75) is 58.8 Å². The molecule has 0 aromatic carbocycles. The summed E-state index contributed by atoms with van der Waals surface area (Å²) in [6, 6.07) is 2.04. The predicted molar refractivity (Wildman–Crippen MR) is 143 cm³/mol. The summed E-state index contributed by atoms with van der Waals surface area (Å²) in [6.45, 7) is 14.6. The number of morpholine rings is 1. The molecule has 4 rings (SSSR count). The molecule has 4 heterocycles. The van der Waals surface area contributed by atoms with E-state index in [0.29, 0.717) is 24.6 Å². The van der Waals surface area contributed by atoms with Gasteiger partial charge in [-0.3, -0.25) is 9.69 Å². The van der Waals surface area contributed by atoms with Crippen molar-refractivity contribution in [2.24, 2.45) is 0 Å². The van der Waals surface area contributed by atoms with Gasteiger partial charge in [0.15, 0.2) is 14.4 Å². The van der Waals surface area contributed by atoms with Gasteiger partial charge in [0, 0.05) is 62.3 Å². The van der Waals surface area contributed by atoms with Crippen molar-refractivity contribution in [2.75, 3.05) is 39.5 Å². The monoisotopic (exact) mass is 525 g/mol. The van der Waals surface area contributed by atoms with Crippen molar-refractivity contribution >= 4 is 14.4 Å². The van der Waals surface area contributed by atoms with Crippen LogP contribution in [0, 0.1) is 36.1 Å². The molecule has 11 heteroatoms. The van der Waals surface area contributed by atoms with Gasteiger partial charge < -0.3 is 9.47 Å². The van der Waals surface area contributed by atoms with Crippen LogP contribution >= 0.6 is 0 Å². The third kappa shape index (κ3) is 14.9. The first-order valence-corrected chi connectivity index (χ1v) is 15.9. The number of rotatable bonds is 3. The number of hydrogen-bond acceptors (Lipinski definition) is 10. The fourth-order valence-corrected chi connectivity index (χ4v) is 2.90. The second kappa shape index (κ2) is 18.2. The molecule has 2 aromatic heterocycles. The van der Waals surface area contributed by atoms with E-state index in [1.807, 2.05) is 26.6 Å². The van der Waals surface area contributed by atoms with Gasteiger partial charge in [-0.1, -0.05) is 19.6 Å². The lowest BCUT2D eigenvalue weighted by Crippen LogP contribution is -2.38. The molecule has 2 aromatic rings. The topological polar surface area (TPSA) is 138 Å². The Bertz CT molecular complexity index is 962. The van der Waals surface area contributed by atoms with Crippen LogP contribution in [0.5, 0.6) is 0 Å². The molecule has 2 fully saturated rings. The Morgan fingerprint density at radius 1 is 0.865 bits per heavy atom. The maximum absolute atomic E-state index is 10.0. The Balaban J connectivity index is 0.000000275. The molecule has 10 nitrogen and oxygen atoms in total. The number of aryl methyl sites for hydroxylation is 2. The molecule has 1 atom stereocenters. The fourth-order valence-electron chi connectivity index (χ4n) is 2.90. The molecule has 200 valence electrons. The number of ether oxygens (including phenoxy) is 2. The van der Waals surface area contributed by atoms with E-state index in [0.717, 1.165) is 44.0 Å². The third-order valence-electron chi connectivity index (χ3n) is 5.00. The maximum atomic E-state index is 10.0. The Morgan fingerprint density at radius 3 is 1.68 bits per heavy atom. The average molecular weight is 526 g/mol. The lowest BCUT2D eigenvalue weighted by Gasteiger charge is -2.30. The molecule has 0 amide bonds. The van der Waals surface area contributed by atoms with E-state index in [4.69, 9.17) is 14.7 Å². The summed E-state index contributed by atoms with van der Waals surface area (Å²) in [5.74, 6) is 1.41. The maximum Gasteiger partial charge on any atom is 0.164 e. The van der Waals surface area contributed by atoms with E-state index >= 15 is 0 Å². The van der Waals surface area contributed by atoms with Crippen molar-refractivity contribution < 1.29 is 14.3 Å². The van der Waals surface area contributed by atoms with Crippen LogP contribution in [0.1, 0.15) is 52.9 Å². The highest BCUT2D eigenvalue weighted by Crippen LogP contribution is 2.19. The highest BCUT2D eigenvalue weighted by atomic mass is 28.3. The first-order chi connectivity index (χ1) is 17.7. The van der Waals surface area contributed by atoms with E-state index < -0.39 is 8.07 Å². The summed E-state index contributed by atoms with van der Waals surface area (Å²) < 4.78 is 10.3. The number of nitriles is 2. The number of aromatic nitrogens is 4. The van der Waals surface area contributed by atoms with Gasteiger partial charge in [0.05, 0.1) is 24.8 Å². The van der Waals surface area contributed by atoms with Crippen LogP contribution in [-0.2, 0) is 9.47 Å². The highest BCUT2D eigenvalue weighted by molar-refractivity contribution is 6.83. The van der Waals surface area contributed by atoms with E-state index in [2.05, 4.69) is 36.6 Å². The number of hydrogen-bond donors (Lipinski definition) is 0. The molecule has 0 N–H and O–H groups in total. The molecule has 2 aliphatic heterocycles. The third-order valence-corrected chi connectivity index (χ3v) is 5.67. The van der Waals surface area contributed by atoms with Gasteiger partial charge in [0.1, 0.15) is 17.7 Å². The Hall–Kier alpha value is -3.09. The molecular formula is C26H39N7O3Si. The molecule has 0 spiro atoms. The smallest absolute Gasteiger partial charge is 0.164 e. The van der Waals surface area contributed by atoms with Gasteiger partial charge >= 0.3 is 0 Å². The molecule has 0 bridgehead atoms. The number of carbonyl (C=O) groups is 1. The van der Waals surface area contributed by atoms with Crippen molar-refractivity contribution in [1.29, 1.82) is 10.5 Å². The Morgan fingerprint density at radius 2 is 1.32 bits per heavy atom. The van der Waals surface area contributed by atoms with Crippen LogP contribution in [0.15, 0.2) is 24.8 Å². The molecule has 2 aliphatic rings. The molecule has 0 saturated carbocycles. The van der Waals surface area contributed by atoms with Gasteiger partial charge in [-0.25, -0.2) is 25.2 Å². The summed E-state index contributed by atoms with van der Waals surface area (Å²) in [5, 5.41) is 17.4. The van der Waals surface area contributed by atoms with Crippen LogP contribution in [-0.4, -0.2) is 78.7 Å². The van der Waals surface area contributed by atoms with Crippen LogP contribution in [0.25, 0.3) is 0 Å². The molecular weight excluding hydrogens is 486 g/mol. The Labute approximate surface area is 221 Å². The molecule has 1 unspecified atom stereocenters. The van der Waals surface area contributed by atoms with Crippen LogP contribution in [0.2, 0.25) is 19.6 Å². The van der Waals surface area contributed by atoms with Gasteiger partial charge in [0.25, 0.3) is 0 Å². The number of nitrogens with zero attached hydrogens (tertiary/aromatic N) is 7. The predicted octanol–water partition coefficient (Wildman–Crippen LogP) is 3.85. The molecule has 2 saturated heterocycles. The summed E-state index contributed by atoms with van der Waals surface area (Å²) in [6.07, 6.45) is 11.1. The first kappa shape index (κ1) is 31.9. The highest BCUT2D eigenvalue weighted by Gasteiger charge is 2.22. The van der Waals surface area contributed by atoms with E-state index in [-0.39, 0.29) is 6.04 Å². The minimum Gasteiger partial charge on any atom is -0.381 e. The van der Waals surface area contributed by atoms with Gasteiger partial charge in [-0.15, -0.1) is 0 Å². The van der Waals surface area contributed by atoms with E-state index in [1.54, 1.807) is 19.3 Å². The van der Waals surface area contributed by atoms with Gasteiger partial charge in [0.2, 0.25) is 0 Å². The normalized spacial score (nSPS) is 16.0. The van der Waals surface area contributed by atoms with Crippen molar-refractivity contribution in [3.05, 3.63) is 47.6 Å². The summed E-state index contributed by atoms with van der Waals surface area (Å²) in [7, 11) is -1.33. The first-order valence-electron chi connectivity index (χ1n) is 12.4. The minimum atomic E-state index is -1.33. The fraction of sp³-hybridized carbons (Fsp3) is 0.577. The van der Waals surface area contributed by atoms with Crippen molar-refractivity contribution in [3.8, 4) is 11.8 Å². The van der Waals surface area contributed by atoms with Crippen molar-refractivity contribution in [3.63, 3.8) is 0 Å². The average Bonchev–Trinajstić information content (AvgIpc) is 2.93. The SMILES string of the molecule is C1CCOCC1.C[Si](C)(C)C#N.Cc1ncc(C(C#N)N2CCOCC2)cn1.Cc1ncc(C=O)cn1. The number of carbonyl (C=O) groups excluding carboxylic acids is 1. The lowest BCUT2D eigenvalue weighted by molar-refractivity contribution is 0.0265. The van der Waals surface area contributed by atoms with Crippen LogP contribution in [0.4, 0.5) is 0 Å². The van der Waals surface area contributed by atoms with Gasteiger partial charge in [-0.05, 0) is 33.1 Å². The molecule has 0 radical (unpaired) electrons. The largest absolute Gasteiger partial charge is 0.381 e. The quantitative estimate of drug-likeness (QED) is 0.429. The number of aldehydes is 1. The minimum absolute atomic E-state index is 0.260. The lowest BCUT2D eigenvalue weighted by atomic mass is 10.1. The second-order valence-electron chi connectivity index (χ2n) is 9.46. The zero-order chi connectivity index (χ0) is 27.5. The summed E-state index contributed by atoms with van der Waals surface area (Å²) in [4.78, 5) is 28.0. The molecule has 0 aliphatic carbocycles. The zero-order valence-electron chi connectivity index (χ0n) is 22.7. The van der Waals surface area contributed by atoms with Crippen molar-refractivity contribution in [1.82, 2.24) is 24.8 Å². The van der Waals surface area contributed by atoms with Gasteiger partial charge in [-0.2, -0.15) is 5.26 Å². The second-order valence-corrected chi connectivity index (χ2v) is 14.2.